The topological polar surface area (TPSA) is 75.7 Å². The van der Waals surface area contributed by atoms with E-state index < -0.39 is 16.1 Å². The summed E-state index contributed by atoms with van der Waals surface area (Å²) in [6, 6.07) is 15.1. The van der Waals surface area contributed by atoms with Gasteiger partial charge in [-0.25, -0.2) is 8.42 Å². The first-order valence-corrected chi connectivity index (χ1v) is 10.2. The van der Waals surface area contributed by atoms with Crippen molar-refractivity contribution in [2.24, 2.45) is 0 Å². The van der Waals surface area contributed by atoms with Gasteiger partial charge in [-0.15, -0.1) is 0 Å². The largest absolute Gasteiger partial charge is 0.494 e. The second kappa shape index (κ2) is 8.71. The Balaban J connectivity index is 2.11. The van der Waals surface area contributed by atoms with Gasteiger partial charge in [-0.1, -0.05) is 30.3 Å². The predicted octanol–water partition coefficient (Wildman–Crippen LogP) is 2.56. The third kappa shape index (κ3) is 5.23. The fraction of sp³-hybridized carbons (Fsp3) is 0.316. The molecule has 0 aliphatic heterocycles. The highest BCUT2D eigenvalue weighted by atomic mass is 32.2. The van der Waals surface area contributed by atoms with Crippen LogP contribution in [0.1, 0.15) is 19.4 Å². The number of anilines is 1. The fourth-order valence-corrected chi connectivity index (χ4v) is 3.81. The van der Waals surface area contributed by atoms with E-state index in [1.807, 2.05) is 31.2 Å². The first-order chi connectivity index (χ1) is 12.3. The van der Waals surface area contributed by atoms with Gasteiger partial charge >= 0.3 is 0 Å². The van der Waals surface area contributed by atoms with E-state index in [0.717, 1.165) is 21.9 Å². The van der Waals surface area contributed by atoms with Crippen LogP contribution >= 0.6 is 0 Å². The molecule has 2 rings (SSSR count). The van der Waals surface area contributed by atoms with Gasteiger partial charge in [0.05, 0.1) is 18.6 Å². The Morgan fingerprint density at radius 3 is 2.46 bits per heavy atom. The van der Waals surface area contributed by atoms with Crippen LogP contribution in [0.2, 0.25) is 0 Å². The highest BCUT2D eigenvalue weighted by Gasteiger charge is 2.28. The summed E-state index contributed by atoms with van der Waals surface area (Å²) < 4.78 is 31.0. The molecule has 140 valence electrons. The molecule has 0 saturated heterocycles. The highest BCUT2D eigenvalue weighted by Crippen LogP contribution is 2.20. The lowest BCUT2D eigenvalue weighted by molar-refractivity contribution is -0.122. The highest BCUT2D eigenvalue weighted by molar-refractivity contribution is 7.92. The molecule has 0 aromatic heterocycles. The van der Waals surface area contributed by atoms with E-state index in [4.69, 9.17) is 4.74 Å². The van der Waals surface area contributed by atoms with E-state index >= 15 is 0 Å². The summed E-state index contributed by atoms with van der Waals surface area (Å²) in [5.41, 5.74) is 1.33. The van der Waals surface area contributed by atoms with Gasteiger partial charge < -0.3 is 10.1 Å². The van der Waals surface area contributed by atoms with Crippen LogP contribution in [0, 0.1) is 0 Å². The molecule has 2 aromatic carbocycles. The first-order valence-electron chi connectivity index (χ1n) is 8.37. The Bertz CT molecular complexity index is 838. The van der Waals surface area contributed by atoms with Crippen molar-refractivity contribution in [1.82, 2.24) is 5.32 Å². The number of sulfonamides is 1. The van der Waals surface area contributed by atoms with Crippen LogP contribution in [0.5, 0.6) is 5.75 Å². The molecule has 0 unspecified atom stereocenters. The molecule has 2 aromatic rings. The quantitative estimate of drug-likeness (QED) is 0.768. The van der Waals surface area contributed by atoms with Gasteiger partial charge in [0, 0.05) is 6.54 Å². The van der Waals surface area contributed by atoms with Crippen molar-refractivity contribution in [1.29, 1.82) is 0 Å². The minimum absolute atomic E-state index is 0.288. The third-order valence-electron chi connectivity index (χ3n) is 3.78. The first kappa shape index (κ1) is 19.8. The molecule has 0 radical (unpaired) electrons. The molecule has 0 bridgehead atoms. The van der Waals surface area contributed by atoms with Gasteiger partial charge in [-0.2, -0.15) is 0 Å². The van der Waals surface area contributed by atoms with Crippen molar-refractivity contribution in [3.05, 3.63) is 60.2 Å². The normalized spacial score (nSPS) is 12.3. The summed E-state index contributed by atoms with van der Waals surface area (Å²) in [7, 11) is -3.61. The Kier molecular flexibility index (Phi) is 6.63. The zero-order chi connectivity index (χ0) is 19.2. The number of nitrogens with zero attached hydrogens (tertiary/aromatic N) is 1. The summed E-state index contributed by atoms with van der Waals surface area (Å²) in [5.74, 6) is 0.357. The summed E-state index contributed by atoms with van der Waals surface area (Å²) in [6.07, 6.45) is 1.09. The molecule has 0 aliphatic rings. The average Bonchev–Trinajstić information content (AvgIpc) is 2.60. The lowest BCUT2D eigenvalue weighted by Gasteiger charge is -2.28. The molecule has 0 spiro atoms. The number of amides is 1. The van der Waals surface area contributed by atoms with Crippen LogP contribution in [-0.2, 0) is 21.4 Å². The monoisotopic (exact) mass is 376 g/mol. The lowest BCUT2D eigenvalue weighted by atomic mass is 10.2. The molecular formula is C19H24N2O4S. The molecule has 0 fully saturated rings. The molecule has 0 aliphatic carbocycles. The van der Waals surface area contributed by atoms with Crippen molar-refractivity contribution in [3.8, 4) is 5.75 Å². The zero-order valence-corrected chi connectivity index (χ0v) is 16.0. The Labute approximate surface area is 154 Å². The van der Waals surface area contributed by atoms with E-state index in [0.29, 0.717) is 12.3 Å². The average molecular weight is 376 g/mol. The minimum Gasteiger partial charge on any atom is -0.494 e. The van der Waals surface area contributed by atoms with Crippen molar-refractivity contribution >= 4 is 21.6 Å². The smallest absolute Gasteiger partial charge is 0.243 e. The summed E-state index contributed by atoms with van der Waals surface area (Å²) in [5, 5.41) is 2.79. The number of para-hydroxylation sites is 1. The molecular weight excluding hydrogens is 352 g/mol. The maximum Gasteiger partial charge on any atom is 0.243 e. The van der Waals surface area contributed by atoms with Crippen LogP contribution < -0.4 is 14.4 Å². The molecule has 0 saturated carbocycles. The number of nitrogens with one attached hydrogen (secondary N) is 1. The minimum atomic E-state index is -3.61. The Morgan fingerprint density at radius 2 is 1.85 bits per heavy atom. The number of carbonyl (C=O) groups is 1. The van der Waals surface area contributed by atoms with E-state index in [1.165, 1.54) is 0 Å². The number of hydrogen-bond donors (Lipinski definition) is 1. The number of ether oxygens (including phenoxy) is 1. The number of benzene rings is 2. The third-order valence-corrected chi connectivity index (χ3v) is 5.02. The van der Waals surface area contributed by atoms with Gasteiger partial charge in [0.15, 0.2) is 0 Å². The lowest BCUT2D eigenvalue weighted by Crippen LogP contribution is -2.47. The number of hydrogen-bond acceptors (Lipinski definition) is 4. The van der Waals surface area contributed by atoms with E-state index in [9.17, 15) is 13.2 Å². The van der Waals surface area contributed by atoms with Crippen LogP contribution in [0.3, 0.4) is 0 Å². The number of carbonyl (C=O) groups excluding carboxylic acids is 1. The standard InChI is InChI=1S/C19H24N2O4S/c1-4-25-18-12-8-9-16(13-18)14-20-19(22)15(2)21(26(3,23)24)17-10-6-5-7-11-17/h5-13,15H,4,14H2,1-3H3,(H,20,22)/t15-/m1/s1. The Hall–Kier alpha value is -2.54. The molecule has 26 heavy (non-hydrogen) atoms. The summed E-state index contributed by atoms with van der Waals surface area (Å²) in [4.78, 5) is 12.5. The van der Waals surface area contributed by atoms with E-state index in [2.05, 4.69) is 5.32 Å². The van der Waals surface area contributed by atoms with Crippen molar-refractivity contribution in [2.45, 2.75) is 26.4 Å². The van der Waals surface area contributed by atoms with Crippen molar-refractivity contribution in [3.63, 3.8) is 0 Å². The van der Waals surface area contributed by atoms with E-state index in [-0.39, 0.29) is 12.5 Å². The maximum absolute atomic E-state index is 12.5. The second-order valence-corrected chi connectivity index (χ2v) is 7.73. The number of rotatable bonds is 8. The van der Waals surface area contributed by atoms with Gasteiger partial charge in [-0.3, -0.25) is 9.10 Å². The SMILES string of the molecule is CCOc1cccc(CNC(=O)[C@@H](C)N(c2ccccc2)S(C)(=O)=O)c1. The van der Waals surface area contributed by atoms with Crippen molar-refractivity contribution < 1.29 is 17.9 Å². The molecule has 1 amide bonds. The maximum atomic E-state index is 12.5. The second-order valence-electron chi connectivity index (χ2n) is 5.87. The molecule has 7 heteroatoms. The van der Waals surface area contributed by atoms with Gasteiger partial charge in [-0.05, 0) is 43.7 Å². The van der Waals surface area contributed by atoms with Gasteiger partial charge in [0.1, 0.15) is 11.8 Å². The molecule has 6 nitrogen and oxygen atoms in total. The summed E-state index contributed by atoms with van der Waals surface area (Å²) in [6.45, 7) is 4.32. The fourth-order valence-electron chi connectivity index (χ4n) is 2.63. The van der Waals surface area contributed by atoms with Gasteiger partial charge in [0.25, 0.3) is 0 Å². The predicted molar refractivity (Wildman–Crippen MR) is 103 cm³/mol. The molecule has 1 atom stereocenters. The van der Waals surface area contributed by atoms with E-state index in [1.54, 1.807) is 37.3 Å². The van der Waals surface area contributed by atoms with Crippen LogP contribution in [0.15, 0.2) is 54.6 Å². The zero-order valence-electron chi connectivity index (χ0n) is 15.2. The summed E-state index contributed by atoms with van der Waals surface area (Å²) >= 11 is 0. The van der Waals surface area contributed by atoms with Gasteiger partial charge in [0.2, 0.25) is 15.9 Å². The van der Waals surface area contributed by atoms with Crippen LogP contribution in [0.25, 0.3) is 0 Å². The van der Waals surface area contributed by atoms with Crippen molar-refractivity contribution in [2.75, 3.05) is 17.2 Å². The Morgan fingerprint density at radius 1 is 1.15 bits per heavy atom. The van der Waals surface area contributed by atoms with Crippen LogP contribution in [0.4, 0.5) is 5.69 Å². The molecule has 1 N–H and O–H groups in total. The van der Waals surface area contributed by atoms with Crippen LogP contribution in [-0.4, -0.2) is 33.2 Å². The molecule has 0 heterocycles.